The molecular weight excluding hydrogens is 284 g/mol. The van der Waals surface area contributed by atoms with Crippen LogP contribution in [0.5, 0.6) is 0 Å². The third-order valence-corrected chi connectivity index (χ3v) is 3.00. The van der Waals surface area contributed by atoms with Crippen molar-refractivity contribution in [2.75, 3.05) is 26.8 Å². The third kappa shape index (κ3) is 4.64. The standard InChI is InChI=1S/C15H20N4O3/c1-11(17-13(20)10-16-8-9-21-2)14-18-15(22-19-14)12-6-4-3-5-7-12/h3-7,11,16H,8-10H2,1-2H3,(H,17,20). The van der Waals surface area contributed by atoms with E-state index in [2.05, 4.69) is 20.8 Å². The summed E-state index contributed by atoms with van der Waals surface area (Å²) in [4.78, 5) is 16.1. The molecule has 0 aliphatic heterocycles. The van der Waals surface area contributed by atoms with Gasteiger partial charge in [-0.05, 0) is 19.1 Å². The number of methoxy groups -OCH3 is 1. The van der Waals surface area contributed by atoms with E-state index in [4.69, 9.17) is 9.26 Å². The van der Waals surface area contributed by atoms with Gasteiger partial charge in [-0.15, -0.1) is 0 Å². The normalized spacial score (nSPS) is 12.1. The van der Waals surface area contributed by atoms with Crippen molar-refractivity contribution in [3.05, 3.63) is 36.2 Å². The molecule has 0 spiro atoms. The van der Waals surface area contributed by atoms with Crippen molar-refractivity contribution < 1.29 is 14.1 Å². The minimum atomic E-state index is -0.321. The molecule has 22 heavy (non-hydrogen) atoms. The predicted octanol–water partition coefficient (Wildman–Crippen LogP) is 1.15. The van der Waals surface area contributed by atoms with E-state index in [1.54, 1.807) is 7.11 Å². The van der Waals surface area contributed by atoms with Crippen molar-refractivity contribution in [1.82, 2.24) is 20.8 Å². The Balaban J connectivity index is 1.86. The van der Waals surface area contributed by atoms with Crippen molar-refractivity contribution >= 4 is 5.91 Å². The molecular formula is C15H20N4O3. The second kappa shape index (κ2) is 8.26. The number of aromatic nitrogens is 2. The molecule has 0 bridgehead atoms. The molecule has 0 aliphatic carbocycles. The van der Waals surface area contributed by atoms with Crippen LogP contribution in [0.2, 0.25) is 0 Å². The second-order valence-corrected chi connectivity index (χ2v) is 4.78. The lowest BCUT2D eigenvalue weighted by Crippen LogP contribution is -2.36. The smallest absolute Gasteiger partial charge is 0.257 e. The monoisotopic (exact) mass is 304 g/mol. The summed E-state index contributed by atoms with van der Waals surface area (Å²) in [5, 5.41) is 9.70. The fourth-order valence-corrected chi connectivity index (χ4v) is 1.84. The molecule has 7 nitrogen and oxygen atoms in total. The van der Waals surface area contributed by atoms with E-state index in [1.807, 2.05) is 37.3 Å². The molecule has 1 unspecified atom stereocenters. The average molecular weight is 304 g/mol. The van der Waals surface area contributed by atoms with Crippen LogP contribution in [0.4, 0.5) is 0 Å². The number of benzene rings is 1. The van der Waals surface area contributed by atoms with E-state index < -0.39 is 0 Å². The van der Waals surface area contributed by atoms with Gasteiger partial charge in [-0.1, -0.05) is 23.4 Å². The Morgan fingerprint density at radius 2 is 2.14 bits per heavy atom. The van der Waals surface area contributed by atoms with Gasteiger partial charge in [0.2, 0.25) is 5.91 Å². The number of hydrogen-bond donors (Lipinski definition) is 2. The Morgan fingerprint density at radius 3 is 2.86 bits per heavy atom. The van der Waals surface area contributed by atoms with Crippen molar-refractivity contribution in [3.63, 3.8) is 0 Å². The lowest BCUT2D eigenvalue weighted by Gasteiger charge is -2.10. The largest absolute Gasteiger partial charge is 0.383 e. The van der Waals surface area contributed by atoms with Crippen molar-refractivity contribution in [3.8, 4) is 11.5 Å². The zero-order chi connectivity index (χ0) is 15.8. The van der Waals surface area contributed by atoms with Gasteiger partial charge in [-0.25, -0.2) is 0 Å². The second-order valence-electron chi connectivity index (χ2n) is 4.78. The zero-order valence-electron chi connectivity index (χ0n) is 12.7. The maximum Gasteiger partial charge on any atom is 0.257 e. The number of nitrogens with one attached hydrogen (secondary N) is 2. The van der Waals surface area contributed by atoms with Gasteiger partial charge >= 0.3 is 0 Å². The molecule has 2 rings (SSSR count). The molecule has 7 heteroatoms. The van der Waals surface area contributed by atoms with Gasteiger partial charge in [0.25, 0.3) is 5.89 Å². The summed E-state index contributed by atoms with van der Waals surface area (Å²) in [5.74, 6) is 0.758. The number of carbonyl (C=O) groups excluding carboxylic acids is 1. The van der Waals surface area contributed by atoms with Crippen LogP contribution in [0.25, 0.3) is 11.5 Å². The highest BCUT2D eigenvalue weighted by Crippen LogP contribution is 2.18. The summed E-state index contributed by atoms with van der Waals surface area (Å²) in [7, 11) is 1.62. The van der Waals surface area contributed by atoms with Gasteiger partial charge < -0.3 is 19.9 Å². The number of amides is 1. The van der Waals surface area contributed by atoms with E-state index in [0.29, 0.717) is 24.9 Å². The first-order chi connectivity index (χ1) is 10.7. The van der Waals surface area contributed by atoms with E-state index in [9.17, 15) is 4.79 Å². The maximum absolute atomic E-state index is 11.8. The predicted molar refractivity (Wildman–Crippen MR) is 81.0 cm³/mol. The molecule has 0 fully saturated rings. The summed E-state index contributed by atoms with van der Waals surface area (Å²) < 4.78 is 10.1. The number of rotatable bonds is 8. The first-order valence-electron chi connectivity index (χ1n) is 7.08. The van der Waals surface area contributed by atoms with Gasteiger partial charge in [0.05, 0.1) is 19.2 Å². The quantitative estimate of drug-likeness (QED) is 0.711. The van der Waals surface area contributed by atoms with Crippen LogP contribution in [-0.4, -0.2) is 42.9 Å². The topological polar surface area (TPSA) is 89.3 Å². The lowest BCUT2D eigenvalue weighted by molar-refractivity contribution is -0.120. The van der Waals surface area contributed by atoms with Gasteiger partial charge in [0.1, 0.15) is 0 Å². The van der Waals surface area contributed by atoms with Crippen LogP contribution in [0.15, 0.2) is 34.9 Å². The summed E-state index contributed by atoms with van der Waals surface area (Å²) in [5.41, 5.74) is 0.848. The van der Waals surface area contributed by atoms with Gasteiger partial charge in [0.15, 0.2) is 5.82 Å². The van der Waals surface area contributed by atoms with Crippen LogP contribution in [0, 0.1) is 0 Å². The van der Waals surface area contributed by atoms with Crippen molar-refractivity contribution in [2.24, 2.45) is 0 Å². The number of hydrogen-bond acceptors (Lipinski definition) is 6. The molecule has 0 saturated carbocycles. The van der Waals surface area contributed by atoms with E-state index in [1.165, 1.54) is 0 Å². The minimum Gasteiger partial charge on any atom is -0.383 e. The fourth-order valence-electron chi connectivity index (χ4n) is 1.84. The minimum absolute atomic E-state index is 0.130. The van der Waals surface area contributed by atoms with Gasteiger partial charge in [-0.3, -0.25) is 4.79 Å². The first kappa shape index (κ1) is 16.1. The van der Waals surface area contributed by atoms with Crippen LogP contribution >= 0.6 is 0 Å². The van der Waals surface area contributed by atoms with Crippen LogP contribution in [0.1, 0.15) is 18.8 Å². The molecule has 2 aromatic rings. The molecule has 1 aromatic carbocycles. The summed E-state index contributed by atoms with van der Waals surface area (Å²) in [6.45, 7) is 3.22. The number of ether oxygens (including phenoxy) is 1. The Bertz CT molecular complexity index is 585. The highest BCUT2D eigenvalue weighted by Gasteiger charge is 2.16. The average Bonchev–Trinajstić information content (AvgIpc) is 3.02. The third-order valence-electron chi connectivity index (χ3n) is 3.00. The van der Waals surface area contributed by atoms with Crippen LogP contribution < -0.4 is 10.6 Å². The van der Waals surface area contributed by atoms with Gasteiger partial charge in [-0.2, -0.15) is 4.98 Å². The summed E-state index contributed by atoms with van der Waals surface area (Å²) >= 11 is 0. The molecule has 118 valence electrons. The number of nitrogens with zero attached hydrogens (tertiary/aromatic N) is 2. The van der Waals surface area contributed by atoms with E-state index >= 15 is 0 Å². The number of carbonyl (C=O) groups is 1. The fraction of sp³-hybridized carbons (Fsp3) is 0.400. The van der Waals surface area contributed by atoms with Gasteiger partial charge in [0, 0.05) is 19.2 Å². The Morgan fingerprint density at radius 1 is 1.36 bits per heavy atom. The molecule has 1 amide bonds. The molecule has 1 atom stereocenters. The van der Waals surface area contributed by atoms with E-state index in [0.717, 1.165) is 5.56 Å². The Labute approximate surface area is 129 Å². The van der Waals surface area contributed by atoms with E-state index in [-0.39, 0.29) is 18.5 Å². The Hall–Kier alpha value is -2.25. The lowest BCUT2D eigenvalue weighted by atomic mass is 10.2. The molecule has 0 aliphatic rings. The molecule has 1 heterocycles. The Kier molecular flexibility index (Phi) is 6.05. The zero-order valence-corrected chi connectivity index (χ0v) is 12.7. The maximum atomic E-state index is 11.8. The van der Waals surface area contributed by atoms with Crippen LogP contribution in [-0.2, 0) is 9.53 Å². The molecule has 2 N–H and O–H groups in total. The van der Waals surface area contributed by atoms with Crippen LogP contribution in [0.3, 0.4) is 0 Å². The van der Waals surface area contributed by atoms with Crippen molar-refractivity contribution in [2.45, 2.75) is 13.0 Å². The SMILES string of the molecule is COCCNCC(=O)NC(C)c1noc(-c2ccccc2)n1. The highest BCUT2D eigenvalue weighted by atomic mass is 16.5. The molecule has 1 aromatic heterocycles. The van der Waals surface area contributed by atoms with Crippen molar-refractivity contribution in [1.29, 1.82) is 0 Å². The molecule has 0 radical (unpaired) electrons. The summed E-state index contributed by atoms with van der Waals surface area (Å²) in [6.07, 6.45) is 0. The first-order valence-corrected chi connectivity index (χ1v) is 7.08. The summed E-state index contributed by atoms with van der Waals surface area (Å²) in [6, 6.07) is 9.17. The molecule has 0 saturated heterocycles. The highest BCUT2D eigenvalue weighted by molar-refractivity contribution is 5.78.